The molecule has 0 aliphatic carbocycles. The van der Waals surface area contributed by atoms with E-state index < -0.39 is 5.91 Å². The summed E-state index contributed by atoms with van der Waals surface area (Å²) in [7, 11) is 5.46. The van der Waals surface area contributed by atoms with E-state index in [1.165, 1.54) is 4.90 Å². The van der Waals surface area contributed by atoms with Crippen molar-refractivity contribution in [2.75, 3.05) is 36.3 Å². The minimum atomic E-state index is -0.397. The Morgan fingerprint density at radius 1 is 0.875 bits per heavy atom. The first-order chi connectivity index (χ1) is 15.4. The molecule has 1 N–H and O–H groups in total. The predicted molar refractivity (Wildman–Crippen MR) is 128 cm³/mol. The van der Waals surface area contributed by atoms with E-state index in [-0.39, 0.29) is 11.6 Å². The molecule has 32 heavy (non-hydrogen) atoms. The summed E-state index contributed by atoms with van der Waals surface area (Å²) in [5, 5.41) is 3.17. The van der Waals surface area contributed by atoms with Crippen LogP contribution in [0.4, 0.5) is 17.1 Å². The summed E-state index contributed by atoms with van der Waals surface area (Å²) in [6.07, 6.45) is 0. The zero-order valence-corrected chi connectivity index (χ0v) is 18.5. The first-order valence-corrected chi connectivity index (χ1v) is 10.3. The van der Waals surface area contributed by atoms with Crippen LogP contribution in [0.1, 0.15) is 11.1 Å². The average Bonchev–Trinajstić information content (AvgIpc) is 3.04. The number of aryl methyl sites for hydroxylation is 1. The average molecular weight is 428 g/mol. The number of benzene rings is 3. The molecule has 6 heteroatoms. The number of hydrogen-bond donors (Lipinski definition) is 1. The lowest BCUT2D eigenvalue weighted by atomic mass is 10.0. The number of nitrogens with zero attached hydrogens (tertiary/aromatic N) is 2. The third-order valence-corrected chi connectivity index (χ3v) is 5.39. The standard InChI is InChI=1S/C26H25N3O3/c1-17-8-10-18(11-9-17)23-24(27-19-6-5-7-22(16-19)32-4)26(31)29(25(23)30)21-14-12-20(13-15-21)28(2)3/h5-16,27H,1-4H3. The van der Waals surface area contributed by atoms with Crippen molar-refractivity contribution in [3.05, 3.63) is 89.6 Å². The van der Waals surface area contributed by atoms with Crippen LogP contribution in [0, 0.1) is 6.92 Å². The van der Waals surface area contributed by atoms with Crippen molar-refractivity contribution in [3.63, 3.8) is 0 Å². The van der Waals surface area contributed by atoms with Crippen molar-refractivity contribution >= 4 is 34.4 Å². The Labute approximate surface area is 187 Å². The van der Waals surface area contributed by atoms with Crippen LogP contribution in [0.3, 0.4) is 0 Å². The van der Waals surface area contributed by atoms with E-state index in [0.29, 0.717) is 28.3 Å². The van der Waals surface area contributed by atoms with Crippen molar-refractivity contribution in [2.24, 2.45) is 0 Å². The number of carbonyl (C=O) groups excluding carboxylic acids is 2. The molecule has 0 atom stereocenters. The van der Waals surface area contributed by atoms with Crippen molar-refractivity contribution < 1.29 is 14.3 Å². The summed E-state index contributed by atoms with van der Waals surface area (Å²) in [6, 6.07) is 22.2. The second kappa shape index (κ2) is 8.59. The Balaban J connectivity index is 1.78. The highest BCUT2D eigenvalue weighted by Gasteiger charge is 2.40. The van der Waals surface area contributed by atoms with Crippen LogP contribution >= 0.6 is 0 Å². The first kappa shape index (κ1) is 21.2. The summed E-state index contributed by atoms with van der Waals surface area (Å²) in [6.45, 7) is 1.98. The van der Waals surface area contributed by atoms with Gasteiger partial charge in [0.1, 0.15) is 11.4 Å². The van der Waals surface area contributed by atoms with Crippen LogP contribution in [0.2, 0.25) is 0 Å². The minimum Gasteiger partial charge on any atom is -0.497 e. The van der Waals surface area contributed by atoms with Gasteiger partial charge in [0.15, 0.2) is 0 Å². The second-order valence-electron chi connectivity index (χ2n) is 7.83. The van der Waals surface area contributed by atoms with Gasteiger partial charge in [-0.2, -0.15) is 0 Å². The largest absolute Gasteiger partial charge is 0.497 e. The Bertz CT molecular complexity index is 1200. The highest BCUT2D eigenvalue weighted by Crippen LogP contribution is 2.34. The zero-order chi connectivity index (χ0) is 22.8. The second-order valence-corrected chi connectivity index (χ2v) is 7.83. The third-order valence-electron chi connectivity index (χ3n) is 5.39. The molecule has 162 valence electrons. The summed E-state index contributed by atoms with van der Waals surface area (Å²) in [5.74, 6) is -0.103. The van der Waals surface area contributed by atoms with Gasteiger partial charge in [-0.3, -0.25) is 9.59 Å². The maximum Gasteiger partial charge on any atom is 0.282 e. The van der Waals surface area contributed by atoms with Gasteiger partial charge in [-0.15, -0.1) is 0 Å². The van der Waals surface area contributed by atoms with E-state index in [1.54, 1.807) is 25.3 Å². The van der Waals surface area contributed by atoms with Gasteiger partial charge in [-0.05, 0) is 48.9 Å². The van der Waals surface area contributed by atoms with E-state index in [2.05, 4.69) is 5.32 Å². The van der Waals surface area contributed by atoms with E-state index >= 15 is 0 Å². The number of imide groups is 1. The van der Waals surface area contributed by atoms with Gasteiger partial charge >= 0.3 is 0 Å². The van der Waals surface area contributed by atoms with Crippen LogP contribution in [0.5, 0.6) is 5.75 Å². The molecule has 3 aromatic rings. The van der Waals surface area contributed by atoms with E-state index in [1.807, 2.05) is 80.5 Å². The molecular weight excluding hydrogens is 402 g/mol. The number of nitrogens with one attached hydrogen (secondary N) is 1. The molecule has 1 aliphatic heterocycles. The quantitative estimate of drug-likeness (QED) is 0.589. The third kappa shape index (κ3) is 3.95. The van der Waals surface area contributed by atoms with Gasteiger partial charge in [0.2, 0.25) is 0 Å². The zero-order valence-electron chi connectivity index (χ0n) is 18.5. The van der Waals surface area contributed by atoms with E-state index in [4.69, 9.17) is 4.74 Å². The van der Waals surface area contributed by atoms with E-state index in [9.17, 15) is 9.59 Å². The fourth-order valence-corrected chi connectivity index (χ4v) is 3.61. The van der Waals surface area contributed by atoms with Gasteiger partial charge in [0, 0.05) is 31.5 Å². The molecule has 0 unspecified atom stereocenters. The van der Waals surface area contributed by atoms with Crippen LogP contribution in [-0.2, 0) is 9.59 Å². The molecule has 3 aromatic carbocycles. The van der Waals surface area contributed by atoms with Crippen molar-refractivity contribution in [2.45, 2.75) is 6.92 Å². The molecule has 6 nitrogen and oxygen atoms in total. The normalized spacial score (nSPS) is 13.6. The molecule has 0 fully saturated rings. The lowest BCUT2D eigenvalue weighted by Gasteiger charge is -2.18. The lowest BCUT2D eigenvalue weighted by Crippen LogP contribution is -2.32. The molecule has 0 spiro atoms. The number of anilines is 3. The molecule has 0 radical (unpaired) electrons. The van der Waals surface area contributed by atoms with Gasteiger partial charge in [-0.1, -0.05) is 35.9 Å². The molecule has 2 amide bonds. The van der Waals surface area contributed by atoms with Crippen LogP contribution < -0.4 is 19.9 Å². The molecule has 1 aliphatic rings. The van der Waals surface area contributed by atoms with Gasteiger partial charge in [-0.25, -0.2) is 4.90 Å². The molecule has 0 aromatic heterocycles. The smallest absolute Gasteiger partial charge is 0.282 e. The topological polar surface area (TPSA) is 61.9 Å². The minimum absolute atomic E-state index is 0.240. The van der Waals surface area contributed by atoms with Gasteiger partial charge < -0.3 is 15.0 Å². The van der Waals surface area contributed by atoms with Gasteiger partial charge in [0.25, 0.3) is 11.8 Å². The Hall–Kier alpha value is -4.06. The van der Waals surface area contributed by atoms with Crippen LogP contribution in [0.15, 0.2) is 78.5 Å². The molecule has 4 rings (SSSR count). The SMILES string of the molecule is COc1cccc(NC2=C(c3ccc(C)cc3)C(=O)N(c3ccc(N(C)C)cc3)C2=O)c1. The number of rotatable bonds is 6. The Kier molecular flexibility index (Phi) is 5.69. The molecule has 0 bridgehead atoms. The van der Waals surface area contributed by atoms with Crippen molar-refractivity contribution in [3.8, 4) is 5.75 Å². The summed E-state index contributed by atoms with van der Waals surface area (Å²) in [5.41, 5.74) is 4.51. The maximum absolute atomic E-state index is 13.5. The number of amides is 2. The fourth-order valence-electron chi connectivity index (χ4n) is 3.61. The first-order valence-electron chi connectivity index (χ1n) is 10.3. The monoisotopic (exact) mass is 427 g/mol. The van der Waals surface area contributed by atoms with E-state index in [0.717, 1.165) is 11.3 Å². The Morgan fingerprint density at radius 2 is 1.56 bits per heavy atom. The van der Waals surface area contributed by atoms with Crippen molar-refractivity contribution in [1.82, 2.24) is 0 Å². The highest BCUT2D eigenvalue weighted by molar-refractivity contribution is 6.46. The predicted octanol–water partition coefficient (Wildman–Crippen LogP) is 4.47. The molecular formula is C26H25N3O3. The summed E-state index contributed by atoms with van der Waals surface area (Å²) >= 11 is 0. The number of methoxy groups -OCH3 is 1. The lowest BCUT2D eigenvalue weighted by molar-refractivity contribution is -0.120. The molecule has 0 saturated carbocycles. The molecule has 0 saturated heterocycles. The number of carbonyl (C=O) groups is 2. The van der Waals surface area contributed by atoms with Crippen LogP contribution in [0.25, 0.3) is 5.57 Å². The molecule has 1 heterocycles. The summed E-state index contributed by atoms with van der Waals surface area (Å²) in [4.78, 5) is 30.2. The fraction of sp³-hybridized carbons (Fsp3) is 0.154. The maximum atomic E-state index is 13.5. The number of hydrogen-bond acceptors (Lipinski definition) is 5. The van der Waals surface area contributed by atoms with Crippen LogP contribution in [-0.4, -0.2) is 33.0 Å². The summed E-state index contributed by atoms with van der Waals surface area (Å²) < 4.78 is 5.29. The highest BCUT2D eigenvalue weighted by atomic mass is 16.5. The van der Waals surface area contributed by atoms with Crippen molar-refractivity contribution in [1.29, 1.82) is 0 Å². The van der Waals surface area contributed by atoms with Gasteiger partial charge in [0.05, 0.1) is 18.4 Å². The Morgan fingerprint density at radius 3 is 2.19 bits per heavy atom. The number of ether oxygens (including phenoxy) is 1.